The van der Waals surface area contributed by atoms with Gasteiger partial charge in [-0.1, -0.05) is 90.7 Å². The van der Waals surface area contributed by atoms with E-state index in [2.05, 4.69) is 41.1 Å². The van der Waals surface area contributed by atoms with Crippen LogP contribution in [-0.2, 0) is 5.60 Å². The Kier molecular flexibility index (Phi) is 4.17. The van der Waals surface area contributed by atoms with Crippen molar-refractivity contribution >= 4 is 21.7 Å². The Bertz CT molecular complexity index is 1340. The van der Waals surface area contributed by atoms with Gasteiger partial charge in [-0.25, -0.2) is 0 Å². The van der Waals surface area contributed by atoms with Gasteiger partial charge in [0.25, 0.3) is 0 Å². The lowest BCUT2D eigenvalue weighted by Crippen LogP contribution is -2.25. The van der Waals surface area contributed by atoms with E-state index in [1.807, 2.05) is 78.9 Å². The Morgan fingerprint density at radius 1 is 0.655 bits per heavy atom. The van der Waals surface area contributed by atoms with E-state index in [9.17, 15) is 5.11 Å². The second kappa shape index (κ2) is 6.98. The minimum absolute atomic E-state index is 0.665. The fourth-order valence-electron chi connectivity index (χ4n) is 3.67. The van der Waals surface area contributed by atoms with Crippen LogP contribution in [0.4, 0.5) is 0 Å². The van der Waals surface area contributed by atoms with Gasteiger partial charge >= 0.3 is 0 Å². The fourth-order valence-corrected chi connectivity index (χ4v) is 3.67. The first-order chi connectivity index (χ1) is 14.2. The molecule has 0 saturated heterocycles. The molecule has 0 aliphatic rings. The molecule has 1 unspecified atom stereocenters. The molecule has 1 heterocycles. The Balaban J connectivity index is 1.66. The number of aromatic amines is 1. The third-order valence-electron chi connectivity index (χ3n) is 5.25. The molecule has 0 fully saturated rings. The molecule has 4 aromatic carbocycles. The summed E-state index contributed by atoms with van der Waals surface area (Å²) in [6.07, 6.45) is 0. The molecule has 2 N–H and O–H groups in total. The van der Waals surface area contributed by atoms with E-state index in [0.29, 0.717) is 5.69 Å². The zero-order valence-electron chi connectivity index (χ0n) is 15.8. The van der Waals surface area contributed by atoms with Gasteiger partial charge in [-0.05, 0) is 40.4 Å². The topological polar surface area (TPSA) is 36.0 Å². The quantitative estimate of drug-likeness (QED) is 0.388. The van der Waals surface area contributed by atoms with E-state index in [4.69, 9.17) is 0 Å². The van der Waals surface area contributed by atoms with Crippen LogP contribution < -0.4 is 0 Å². The zero-order valence-corrected chi connectivity index (χ0v) is 15.8. The maximum absolute atomic E-state index is 11.7. The summed E-state index contributed by atoms with van der Waals surface area (Å²) < 4.78 is 0. The molecule has 0 saturated carbocycles. The summed E-state index contributed by atoms with van der Waals surface area (Å²) in [4.78, 5) is 3.35. The van der Waals surface area contributed by atoms with Crippen LogP contribution in [0.15, 0.2) is 103 Å². The number of fused-ring (bicyclic) bond motifs is 2. The van der Waals surface area contributed by atoms with Crippen molar-refractivity contribution < 1.29 is 5.11 Å². The second-order valence-corrected chi connectivity index (χ2v) is 7.16. The standard InChI is InChI=1S/C27H19NO/c29-27(24-11-2-1-3-12-24,26-19-23-10-6-7-13-25(23)28-26)17-16-20-14-15-21-8-4-5-9-22(21)18-20/h1-15,18-19,28-29H. The molecule has 0 aliphatic heterocycles. The van der Waals surface area contributed by atoms with Gasteiger partial charge < -0.3 is 10.1 Å². The highest BCUT2D eigenvalue weighted by Crippen LogP contribution is 2.31. The number of nitrogens with one attached hydrogen (secondary N) is 1. The lowest BCUT2D eigenvalue weighted by atomic mass is 9.90. The third kappa shape index (κ3) is 3.18. The summed E-state index contributed by atoms with van der Waals surface area (Å²) in [5, 5.41) is 15.1. The number of aromatic nitrogens is 1. The van der Waals surface area contributed by atoms with Gasteiger partial charge in [-0.15, -0.1) is 0 Å². The molecular weight excluding hydrogens is 354 g/mol. The van der Waals surface area contributed by atoms with Crippen molar-refractivity contribution in [2.24, 2.45) is 0 Å². The monoisotopic (exact) mass is 373 g/mol. The summed E-state index contributed by atoms with van der Waals surface area (Å²) in [7, 11) is 0. The van der Waals surface area contributed by atoms with Gasteiger partial charge in [-0.2, -0.15) is 0 Å². The first-order valence-electron chi connectivity index (χ1n) is 9.60. The van der Waals surface area contributed by atoms with Crippen molar-refractivity contribution in [3.05, 3.63) is 120 Å². The van der Waals surface area contributed by atoms with Crippen molar-refractivity contribution in [1.82, 2.24) is 4.98 Å². The number of rotatable bonds is 2. The van der Waals surface area contributed by atoms with Gasteiger partial charge in [0.1, 0.15) is 0 Å². The summed E-state index contributed by atoms with van der Waals surface area (Å²) in [6, 6.07) is 33.8. The van der Waals surface area contributed by atoms with E-state index < -0.39 is 5.60 Å². The lowest BCUT2D eigenvalue weighted by molar-refractivity contribution is 0.141. The summed E-state index contributed by atoms with van der Waals surface area (Å²) in [6.45, 7) is 0. The van der Waals surface area contributed by atoms with Gasteiger partial charge in [0.05, 0.1) is 5.69 Å². The van der Waals surface area contributed by atoms with Crippen molar-refractivity contribution in [3.63, 3.8) is 0 Å². The molecule has 0 radical (unpaired) electrons. The Morgan fingerprint density at radius 3 is 2.14 bits per heavy atom. The Morgan fingerprint density at radius 2 is 1.34 bits per heavy atom. The highest BCUT2D eigenvalue weighted by atomic mass is 16.3. The minimum atomic E-state index is -1.44. The molecule has 1 aromatic heterocycles. The summed E-state index contributed by atoms with van der Waals surface area (Å²) in [5.41, 5.74) is 1.81. The molecule has 1 atom stereocenters. The maximum atomic E-state index is 11.7. The number of H-pyrrole nitrogens is 1. The number of aliphatic hydroxyl groups is 1. The first-order valence-corrected chi connectivity index (χ1v) is 9.60. The van der Waals surface area contributed by atoms with Crippen LogP contribution in [0.25, 0.3) is 21.7 Å². The predicted octanol–water partition coefficient (Wildman–Crippen LogP) is 5.61. The number of hydrogen-bond donors (Lipinski definition) is 2. The first kappa shape index (κ1) is 17.3. The number of hydrogen-bond acceptors (Lipinski definition) is 1. The van der Waals surface area contributed by atoms with Crippen LogP contribution in [-0.4, -0.2) is 10.1 Å². The van der Waals surface area contributed by atoms with Crippen molar-refractivity contribution in [2.75, 3.05) is 0 Å². The van der Waals surface area contributed by atoms with E-state index in [0.717, 1.165) is 27.4 Å². The maximum Gasteiger partial charge on any atom is 0.192 e. The molecule has 5 aromatic rings. The third-order valence-corrected chi connectivity index (χ3v) is 5.25. The van der Waals surface area contributed by atoms with Gasteiger partial charge in [-0.3, -0.25) is 0 Å². The van der Waals surface area contributed by atoms with Crippen molar-refractivity contribution in [1.29, 1.82) is 0 Å². The average molecular weight is 373 g/mol. The van der Waals surface area contributed by atoms with Crippen LogP contribution in [0.5, 0.6) is 0 Å². The SMILES string of the molecule is OC(C#Cc1ccc2ccccc2c1)(c1ccccc1)c1cc2ccccc2[nH]1. The van der Waals surface area contributed by atoms with Crippen molar-refractivity contribution in [3.8, 4) is 11.8 Å². The van der Waals surface area contributed by atoms with Crippen molar-refractivity contribution in [2.45, 2.75) is 5.60 Å². The minimum Gasteiger partial charge on any atom is -0.368 e. The molecule has 29 heavy (non-hydrogen) atoms. The fraction of sp³-hybridized carbons (Fsp3) is 0.0370. The van der Waals surface area contributed by atoms with Crippen LogP contribution in [0.3, 0.4) is 0 Å². The molecule has 5 rings (SSSR count). The molecule has 0 amide bonds. The highest BCUT2D eigenvalue weighted by molar-refractivity contribution is 5.84. The summed E-state index contributed by atoms with van der Waals surface area (Å²) >= 11 is 0. The number of para-hydroxylation sites is 1. The van der Waals surface area contributed by atoms with E-state index in [1.54, 1.807) is 0 Å². The molecule has 2 nitrogen and oxygen atoms in total. The molecule has 138 valence electrons. The van der Waals surface area contributed by atoms with Crippen LogP contribution in [0.2, 0.25) is 0 Å². The average Bonchev–Trinajstić information content (AvgIpc) is 3.23. The van der Waals surface area contributed by atoms with E-state index in [1.165, 1.54) is 5.39 Å². The Hall–Kier alpha value is -3.80. The molecule has 0 aliphatic carbocycles. The molecule has 0 bridgehead atoms. The van der Waals surface area contributed by atoms with Gasteiger partial charge in [0, 0.05) is 16.6 Å². The van der Waals surface area contributed by atoms with E-state index in [-0.39, 0.29) is 0 Å². The summed E-state index contributed by atoms with van der Waals surface area (Å²) in [5.74, 6) is 6.34. The van der Waals surface area contributed by atoms with Crippen LogP contribution in [0.1, 0.15) is 16.8 Å². The normalized spacial score (nSPS) is 13.0. The van der Waals surface area contributed by atoms with Gasteiger partial charge in [0.15, 0.2) is 5.60 Å². The number of benzene rings is 4. The van der Waals surface area contributed by atoms with Gasteiger partial charge in [0.2, 0.25) is 0 Å². The predicted molar refractivity (Wildman–Crippen MR) is 119 cm³/mol. The lowest BCUT2D eigenvalue weighted by Gasteiger charge is -2.21. The molecular formula is C27H19NO. The Labute approximate surface area is 169 Å². The van der Waals surface area contributed by atoms with Crippen LogP contribution >= 0.6 is 0 Å². The largest absolute Gasteiger partial charge is 0.368 e. The second-order valence-electron chi connectivity index (χ2n) is 7.16. The highest BCUT2D eigenvalue weighted by Gasteiger charge is 2.31. The smallest absolute Gasteiger partial charge is 0.192 e. The molecule has 0 spiro atoms. The zero-order chi connectivity index (χ0) is 19.7. The van der Waals surface area contributed by atoms with E-state index >= 15 is 0 Å². The van der Waals surface area contributed by atoms with Crippen LogP contribution in [0, 0.1) is 11.8 Å². The molecule has 2 heteroatoms.